The Morgan fingerprint density at radius 3 is 2.67 bits per heavy atom. The number of likely N-dealkylation sites (N-methyl/N-ethyl adjacent to an activating group) is 1. The predicted molar refractivity (Wildman–Crippen MR) is 151 cm³/mol. The van der Waals surface area contributed by atoms with Gasteiger partial charge in [0, 0.05) is 54.4 Å². The van der Waals surface area contributed by atoms with E-state index in [0.29, 0.717) is 24.0 Å². The molecule has 0 unspecified atom stereocenters. The molecule has 2 heterocycles. The lowest BCUT2D eigenvalue weighted by molar-refractivity contribution is -0.121. The first-order chi connectivity index (χ1) is 17.2. The van der Waals surface area contributed by atoms with Crippen LogP contribution >= 0.6 is 28.1 Å². The molecule has 0 bridgehead atoms. The third kappa shape index (κ3) is 5.23. The third-order valence-corrected chi connectivity index (χ3v) is 7.29. The molecule has 0 radical (unpaired) electrons. The number of methoxy groups -OCH3 is 1. The number of anilines is 1. The van der Waals surface area contributed by atoms with Crippen molar-refractivity contribution in [3.63, 3.8) is 0 Å². The fourth-order valence-corrected chi connectivity index (χ4v) is 4.84. The van der Waals surface area contributed by atoms with Crippen LogP contribution in [0.4, 0.5) is 5.69 Å². The predicted octanol–water partition coefficient (Wildman–Crippen LogP) is 4.78. The van der Waals surface area contributed by atoms with E-state index >= 15 is 0 Å². The van der Waals surface area contributed by atoms with Gasteiger partial charge in [-0.15, -0.1) is 0 Å². The van der Waals surface area contributed by atoms with E-state index in [1.54, 1.807) is 24.0 Å². The molecular weight excluding hydrogens is 540 g/mol. The number of rotatable bonds is 8. The van der Waals surface area contributed by atoms with Crippen LogP contribution in [-0.2, 0) is 20.9 Å². The van der Waals surface area contributed by atoms with Gasteiger partial charge in [-0.3, -0.25) is 14.5 Å². The molecule has 1 fully saturated rings. The average Bonchev–Trinajstić information content (AvgIpc) is 3.27. The minimum atomic E-state index is -0.183. The van der Waals surface area contributed by atoms with Gasteiger partial charge in [0.15, 0.2) is 5.11 Å². The Morgan fingerprint density at radius 1 is 1.17 bits per heavy atom. The highest BCUT2D eigenvalue weighted by Crippen LogP contribution is 2.32. The summed E-state index contributed by atoms with van der Waals surface area (Å²) in [5.41, 5.74) is 5.20. The largest absolute Gasteiger partial charge is 0.385 e. The van der Waals surface area contributed by atoms with E-state index in [4.69, 9.17) is 17.0 Å². The molecule has 4 rings (SSSR count). The number of carbonyl (C=O) groups excluding carboxylic acids is 2. The summed E-state index contributed by atoms with van der Waals surface area (Å²) in [5.74, 6) is -0.265. The summed E-state index contributed by atoms with van der Waals surface area (Å²) >= 11 is 9.19. The van der Waals surface area contributed by atoms with Crippen molar-refractivity contribution < 1.29 is 14.3 Å². The molecule has 36 heavy (non-hydrogen) atoms. The summed E-state index contributed by atoms with van der Waals surface area (Å²) in [6, 6.07) is 11.8. The average molecular weight is 570 g/mol. The van der Waals surface area contributed by atoms with Gasteiger partial charge in [-0.1, -0.05) is 22.0 Å². The molecule has 2 amide bonds. The second-order valence-electron chi connectivity index (χ2n) is 8.85. The van der Waals surface area contributed by atoms with Crippen LogP contribution in [0.1, 0.15) is 23.1 Å². The zero-order valence-electron chi connectivity index (χ0n) is 20.8. The van der Waals surface area contributed by atoms with Crippen molar-refractivity contribution in [2.45, 2.75) is 26.8 Å². The molecular formula is C27H29BrN4O3S. The van der Waals surface area contributed by atoms with E-state index in [2.05, 4.69) is 21.2 Å². The number of aryl methyl sites for hydroxylation is 2. The smallest absolute Gasteiger partial charge is 0.281 e. The van der Waals surface area contributed by atoms with Gasteiger partial charge < -0.3 is 19.5 Å². The molecule has 9 heteroatoms. The normalized spacial score (nSPS) is 15.0. The molecule has 0 spiro atoms. The highest BCUT2D eigenvalue weighted by atomic mass is 79.9. The molecule has 0 aliphatic carbocycles. The molecule has 7 nitrogen and oxygen atoms in total. The minimum Gasteiger partial charge on any atom is -0.385 e. The van der Waals surface area contributed by atoms with Gasteiger partial charge in [-0.2, -0.15) is 0 Å². The monoisotopic (exact) mass is 568 g/mol. The van der Waals surface area contributed by atoms with Crippen LogP contribution in [0.2, 0.25) is 0 Å². The number of nitrogens with one attached hydrogen (secondary N) is 1. The number of hydrogen-bond acceptors (Lipinski definition) is 4. The lowest BCUT2D eigenvalue weighted by Gasteiger charge is -2.17. The van der Waals surface area contributed by atoms with Crippen LogP contribution in [0.25, 0.3) is 17.0 Å². The van der Waals surface area contributed by atoms with Gasteiger partial charge >= 0.3 is 0 Å². The molecule has 1 aromatic heterocycles. The fourth-order valence-electron chi connectivity index (χ4n) is 4.19. The van der Waals surface area contributed by atoms with Crippen LogP contribution in [0.5, 0.6) is 0 Å². The van der Waals surface area contributed by atoms with Crippen LogP contribution in [0, 0.1) is 13.8 Å². The molecule has 0 saturated carbocycles. The zero-order chi connectivity index (χ0) is 26.0. The van der Waals surface area contributed by atoms with E-state index < -0.39 is 0 Å². The van der Waals surface area contributed by atoms with Crippen LogP contribution in [0.15, 0.2) is 52.8 Å². The quantitative estimate of drug-likeness (QED) is 0.241. The summed E-state index contributed by atoms with van der Waals surface area (Å²) in [5, 5.41) is 4.28. The molecule has 1 aliphatic heterocycles. The van der Waals surface area contributed by atoms with E-state index in [-0.39, 0.29) is 18.4 Å². The minimum absolute atomic E-state index is 0.0821. The number of aromatic nitrogens is 1. The second-order valence-corrected chi connectivity index (χ2v) is 10.1. The van der Waals surface area contributed by atoms with Gasteiger partial charge in [0.1, 0.15) is 12.2 Å². The van der Waals surface area contributed by atoms with Gasteiger partial charge in [0.05, 0.1) is 5.69 Å². The third-order valence-electron chi connectivity index (χ3n) is 6.34. The summed E-state index contributed by atoms with van der Waals surface area (Å²) < 4.78 is 7.85. The van der Waals surface area contributed by atoms with Crippen molar-refractivity contribution in [3.8, 4) is 0 Å². The Labute approximate surface area is 224 Å². The zero-order valence-corrected chi connectivity index (χ0v) is 23.2. The van der Waals surface area contributed by atoms with Crippen molar-refractivity contribution in [2.75, 3.05) is 32.2 Å². The topological polar surface area (TPSA) is 66.8 Å². The number of hydrogen-bond donors (Lipinski definition) is 1. The van der Waals surface area contributed by atoms with Crippen LogP contribution in [-0.4, -0.2) is 53.7 Å². The Morgan fingerprint density at radius 2 is 1.94 bits per heavy atom. The van der Waals surface area contributed by atoms with Gasteiger partial charge in [-0.05, 0) is 80.0 Å². The van der Waals surface area contributed by atoms with Crippen LogP contribution in [0.3, 0.4) is 0 Å². The Bertz CT molecular complexity index is 1380. The molecule has 2 aromatic carbocycles. The number of fused-ring (bicyclic) bond motifs is 1. The lowest BCUT2D eigenvalue weighted by Crippen LogP contribution is -2.31. The first-order valence-electron chi connectivity index (χ1n) is 11.7. The highest BCUT2D eigenvalue weighted by Gasteiger charge is 2.37. The van der Waals surface area contributed by atoms with Crippen molar-refractivity contribution in [1.29, 1.82) is 0 Å². The number of halogens is 1. The summed E-state index contributed by atoms with van der Waals surface area (Å²) in [4.78, 5) is 29.4. The number of benzene rings is 2. The van der Waals surface area contributed by atoms with Crippen LogP contribution < -0.4 is 10.2 Å². The van der Waals surface area contributed by atoms with Crippen molar-refractivity contribution in [1.82, 2.24) is 14.8 Å². The first kappa shape index (κ1) is 26.1. The van der Waals surface area contributed by atoms with Crippen molar-refractivity contribution in [3.05, 3.63) is 69.5 Å². The van der Waals surface area contributed by atoms with Gasteiger partial charge in [0.25, 0.3) is 5.91 Å². The lowest BCUT2D eigenvalue weighted by atomic mass is 10.1. The standard InChI is InChI=1S/C27H29BrN4O3S/c1-17-6-8-21(12-18(17)2)32-26(34)24(30(3)27(32)36)13-19-15-31(16-25(33)29-10-5-11-35-4)23-9-7-20(28)14-22(19)23/h6-9,12-15H,5,10-11,16H2,1-4H3,(H,29,33)/b24-13-. The molecule has 3 aromatic rings. The molecule has 1 N–H and O–H groups in total. The van der Waals surface area contributed by atoms with E-state index in [9.17, 15) is 9.59 Å². The number of nitrogens with zero attached hydrogens (tertiary/aromatic N) is 3. The number of carbonyl (C=O) groups is 2. The summed E-state index contributed by atoms with van der Waals surface area (Å²) in [6.45, 7) is 5.38. The first-order valence-corrected chi connectivity index (χ1v) is 12.9. The van der Waals surface area contributed by atoms with E-state index in [0.717, 1.165) is 44.2 Å². The Balaban J connectivity index is 1.67. The number of thiocarbonyl (C=S) groups is 1. The van der Waals surface area contributed by atoms with E-state index in [1.807, 2.05) is 67.1 Å². The molecule has 1 aliphatic rings. The number of amides is 2. The number of ether oxygens (including phenoxy) is 1. The second kappa shape index (κ2) is 10.9. The fraction of sp³-hybridized carbons (Fsp3) is 0.296. The Hall–Kier alpha value is -3.01. The molecule has 188 valence electrons. The molecule has 0 atom stereocenters. The maximum Gasteiger partial charge on any atom is 0.281 e. The maximum atomic E-state index is 13.5. The van der Waals surface area contributed by atoms with E-state index in [1.165, 1.54) is 0 Å². The van der Waals surface area contributed by atoms with Crippen molar-refractivity contribution >= 4 is 67.7 Å². The molecule has 1 saturated heterocycles. The van der Waals surface area contributed by atoms with Crippen molar-refractivity contribution in [2.24, 2.45) is 0 Å². The van der Waals surface area contributed by atoms with Gasteiger partial charge in [-0.25, -0.2) is 0 Å². The highest BCUT2D eigenvalue weighted by molar-refractivity contribution is 9.10. The SMILES string of the molecule is COCCCNC(=O)Cn1cc(/C=C2/C(=O)N(c3ccc(C)c(C)c3)C(=S)N2C)c2cc(Br)ccc21. The Kier molecular flexibility index (Phi) is 7.92. The van der Waals surface area contributed by atoms with Gasteiger partial charge in [0.2, 0.25) is 5.91 Å². The maximum absolute atomic E-state index is 13.5. The summed E-state index contributed by atoms with van der Waals surface area (Å²) in [7, 11) is 3.44. The summed E-state index contributed by atoms with van der Waals surface area (Å²) in [6.07, 6.45) is 4.50.